The molecule has 1 amide bonds. The predicted molar refractivity (Wildman–Crippen MR) is 46.8 cm³/mol. The summed E-state index contributed by atoms with van der Waals surface area (Å²) in [7, 11) is 0. The van der Waals surface area contributed by atoms with Crippen LogP contribution in [0.5, 0.6) is 0 Å². The lowest BCUT2D eigenvalue weighted by molar-refractivity contribution is 0.0728. The van der Waals surface area contributed by atoms with Crippen LogP contribution in [-0.2, 0) is 4.74 Å². The van der Waals surface area contributed by atoms with Gasteiger partial charge in [0, 0.05) is 19.0 Å². The number of likely N-dealkylation sites (tertiary alicyclic amines) is 1. The second-order valence-corrected chi connectivity index (χ2v) is 2.77. The summed E-state index contributed by atoms with van der Waals surface area (Å²) in [6, 6.07) is 0. The summed E-state index contributed by atoms with van der Waals surface area (Å²) in [4.78, 5) is 12.7. The molecule has 0 aliphatic carbocycles. The molecule has 0 aromatic carbocycles. The molecule has 0 N–H and O–H groups in total. The van der Waals surface area contributed by atoms with Gasteiger partial charge >= 0.3 is 6.09 Å². The Morgan fingerprint density at radius 3 is 2.75 bits per heavy atom. The summed E-state index contributed by atoms with van der Waals surface area (Å²) in [6.07, 6.45) is 3.16. The molecule has 3 heteroatoms. The minimum atomic E-state index is -0.256. The molecular weight excluding hydrogens is 154 g/mol. The predicted octanol–water partition coefficient (Wildman–Crippen LogP) is 1.43. The number of hydrogen-bond acceptors (Lipinski definition) is 2. The van der Waals surface area contributed by atoms with E-state index in [0.29, 0.717) is 5.92 Å². The van der Waals surface area contributed by atoms with Crippen LogP contribution in [0.2, 0.25) is 0 Å². The van der Waals surface area contributed by atoms with E-state index < -0.39 is 0 Å². The van der Waals surface area contributed by atoms with Gasteiger partial charge in [-0.05, 0) is 0 Å². The number of ether oxygens (including phenoxy) is 1. The zero-order valence-corrected chi connectivity index (χ0v) is 7.03. The maximum Gasteiger partial charge on any atom is 0.410 e. The highest BCUT2D eigenvalue weighted by molar-refractivity contribution is 5.68. The number of rotatable bonds is 3. The fourth-order valence-corrected chi connectivity index (χ4v) is 1.03. The first kappa shape index (κ1) is 8.84. The van der Waals surface area contributed by atoms with Gasteiger partial charge in [-0.2, -0.15) is 0 Å². The molecule has 0 spiro atoms. The lowest BCUT2D eigenvalue weighted by Gasteiger charge is -2.36. The Balaban J connectivity index is 2.18. The Hall–Kier alpha value is -1.25. The van der Waals surface area contributed by atoms with Crippen LogP contribution in [0.4, 0.5) is 4.79 Å². The average molecular weight is 167 g/mol. The number of hydrogen-bond donors (Lipinski definition) is 0. The van der Waals surface area contributed by atoms with Crippen molar-refractivity contribution in [2.24, 2.45) is 5.92 Å². The quantitative estimate of drug-likeness (QED) is 0.595. The highest BCUT2D eigenvalue weighted by atomic mass is 16.6. The molecule has 3 nitrogen and oxygen atoms in total. The van der Waals surface area contributed by atoms with E-state index in [9.17, 15) is 4.79 Å². The van der Waals surface area contributed by atoms with Gasteiger partial charge < -0.3 is 9.64 Å². The largest absolute Gasteiger partial charge is 0.445 e. The molecule has 0 unspecified atom stereocenters. The monoisotopic (exact) mass is 167 g/mol. The fourth-order valence-electron chi connectivity index (χ4n) is 1.03. The second-order valence-electron chi connectivity index (χ2n) is 2.77. The van der Waals surface area contributed by atoms with Gasteiger partial charge in [-0.15, -0.1) is 6.58 Å². The second kappa shape index (κ2) is 3.95. The van der Waals surface area contributed by atoms with Crippen LogP contribution in [0, 0.1) is 5.92 Å². The van der Waals surface area contributed by atoms with Gasteiger partial charge in [0.1, 0.15) is 6.61 Å². The van der Waals surface area contributed by atoms with E-state index >= 15 is 0 Å². The third-order valence-corrected chi connectivity index (χ3v) is 1.83. The summed E-state index contributed by atoms with van der Waals surface area (Å²) in [5, 5.41) is 0. The Kier molecular flexibility index (Phi) is 2.91. The summed E-state index contributed by atoms with van der Waals surface area (Å²) < 4.78 is 4.82. The minimum Gasteiger partial charge on any atom is -0.445 e. The van der Waals surface area contributed by atoms with Crippen molar-refractivity contribution in [3.8, 4) is 0 Å². The lowest BCUT2D eigenvalue weighted by Crippen LogP contribution is -2.49. The van der Waals surface area contributed by atoms with Crippen LogP contribution in [0.25, 0.3) is 0 Å². The molecule has 0 bridgehead atoms. The van der Waals surface area contributed by atoms with Crippen LogP contribution < -0.4 is 0 Å². The number of nitrogens with zero attached hydrogens (tertiary/aromatic N) is 1. The molecule has 1 heterocycles. The van der Waals surface area contributed by atoms with E-state index in [0.717, 1.165) is 13.1 Å². The fraction of sp³-hybridized carbons (Fsp3) is 0.444. The smallest absolute Gasteiger partial charge is 0.410 e. The standard InChI is InChI=1S/C9H13NO2/c1-3-5-12-9(11)10-6-8(4-2)7-10/h3-4,8H,1-2,5-7H2. The third kappa shape index (κ3) is 1.87. The summed E-state index contributed by atoms with van der Waals surface area (Å²) in [5.41, 5.74) is 0. The molecule has 0 aromatic rings. The van der Waals surface area contributed by atoms with Crippen LogP contribution in [0.15, 0.2) is 25.3 Å². The van der Waals surface area contributed by atoms with E-state index in [1.807, 2.05) is 6.08 Å². The molecule has 0 atom stereocenters. The molecule has 1 rings (SSSR count). The van der Waals surface area contributed by atoms with Gasteiger partial charge in [0.2, 0.25) is 0 Å². The molecule has 0 aromatic heterocycles. The minimum absolute atomic E-state index is 0.256. The van der Waals surface area contributed by atoms with E-state index in [-0.39, 0.29) is 12.7 Å². The zero-order valence-electron chi connectivity index (χ0n) is 7.03. The van der Waals surface area contributed by atoms with Gasteiger partial charge in [-0.3, -0.25) is 0 Å². The molecule has 1 fully saturated rings. The average Bonchev–Trinajstić information content (AvgIpc) is 1.99. The Morgan fingerprint density at radius 1 is 1.58 bits per heavy atom. The summed E-state index contributed by atoms with van der Waals surface area (Å²) >= 11 is 0. The Morgan fingerprint density at radius 2 is 2.25 bits per heavy atom. The summed E-state index contributed by atoms with van der Waals surface area (Å²) in [5.74, 6) is 0.446. The maximum absolute atomic E-state index is 11.1. The van der Waals surface area contributed by atoms with Gasteiger partial charge in [-0.1, -0.05) is 18.7 Å². The molecule has 1 saturated heterocycles. The first-order valence-electron chi connectivity index (χ1n) is 3.93. The van der Waals surface area contributed by atoms with Crippen LogP contribution >= 0.6 is 0 Å². The number of carbonyl (C=O) groups excluding carboxylic acids is 1. The van der Waals surface area contributed by atoms with Crippen molar-refractivity contribution in [1.29, 1.82) is 0 Å². The molecule has 0 saturated carbocycles. The van der Waals surface area contributed by atoms with Crippen molar-refractivity contribution in [3.05, 3.63) is 25.3 Å². The third-order valence-electron chi connectivity index (χ3n) is 1.83. The molecule has 1 aliphatic heterocycles. The van der Waals surface area contributed by atoms with Crippen molar-refractivity contribution < 1.29 is 9.53 Å². The molecule has 1 aliphatic rings. The maximum atomic E-state index is 11.1. The molecule has 0 radical (unpaired) electrons. The summed E-state index contributed by atoms with van der Waals surface area (Å²) in [6.45, 7) is 8.86. The van der Waals surface area contributed by atoms with Crippen molar-refractivity contribution in [2.45, 2.75) is 0 Å². The van der Waals surface area contributed by atoms with Gasteiger partial charge in [0.05, 0.1) is 0 Å². The van der Waals surface area contributed by atoms with Crippen molar-refractivity contribution in [3.63, 3.8) is 0 Å². The van der Waals surface area contributed by atoms with E-state index in [1.54, 1.807) is 11.0 Å². The molecule has 12 heavy (non-hydrogen) atoms. The first-order valence-corrected chi connectivity index (χ1v) is 3.93. The Labute approximate surface area is 72.3 Å². The van der Waals surface area contributed by atoms with Gasteiger partial charge in [-0.25, -0.2) is 4.79 Å². The van der Waals surface area contributed by atoms with Crippen LogP contribution in [0.3, 0.4) is 0 Å². The van der Waals surface area contributed by atoms with Crippen molar-refractivity contribution in [2.75, 3.05) is 19.7 Å². The van der Waals surface area contributed by atoms with E-state index in [1.165, 1.54) is 0 Å². The van der Waals surface area contributed by atoms with Crippen molar-refractivity contribution in [1.82, 2.24) is 4.90 Å². The van der Waals surface area contributed by atoms with E-state index in [2.05, 4.69) is 13.2 Å². The van der Waals surface area contributed by atoms with E-state index in [4.69, 9.17) is 4.74 Å². The topological polar surface area (TPSA) is 29.5 Å². The molecular formula is C9H13NO2. The van der Waals surface area contributed by atoms with Crippen LogP contribution in [0.1, 0.15) is 0 Å². The molecule has 66 valence electrons. The Bertz CT molecular complexity index is 195. The number of carbonyl (C=O) groups is 1. The van der Waals surface area contributed by atoms with Gasteiger partial charge in [0.25, 0.3) is 0 Å². The van der Waals surface area contributed by atoms with Crippen molar-refractivity contribution >= 4 is 6.09 Å². The van der Waals surface area contributed by atoms with Gasteiger partial charge in [0.15, 0.2) is 0 Å². The zero-order chi connectivity index (χ0) is 8.97. The normalized spacial score (nSPS) is 16.5. The highest BCUT2D eigenvalue weighted by Gasteiger charge is 2.28. The lowest BCUT2D eigenvalue weighted by atomic mass is 10.0. The first-order chi connectivity index (χ1) is 5.77. The highest BCUT2D eigenvalue weighted by Crippen LogP contribution is 2.16. The SMILES string of the molecule is C=CCOC(=O)N1CC(C=C)C1. The van der Waals surface area contributed by atoms with Crippen LogP contribution in [-0.4, -0.2) is 30.7 Å². The number of amides is 1.